The summed E-state index contributed by atoms with van der Waals surface area (Å²) in [6, 6.07) is 6.05. The summed E-state index contributed by atoms with van der Waals surface area (Å²) in [5, 5.41) is 13.9. The van der Waals surface area contributed by atoms with Crippen molar-refractivity contribution in [3.63, 3.8) is 0 Å². The highest BCUT2D eigenvalue weighted by molar-refractivity contribution is 5.55. The van der Waals surface area contributed by atoms with Gasteiger partial charge in [0.25, 0.3) is 0 Å². The van der Waals surface area contributed by atoms with Crippen LogP contribution in [0.15, 0.2) is 30.5 Å². The van der Waals surface area contributed by atoms with Crippen LogP contribution in [0.4, 0.5) is 21.8 Å². The van der Waals surface area contributed by atoms with Crippen molar-refractivity contribution in [3.05, 3.63) is 36.3 Å². The van der Waals surface area contributed by atoms with E-state index >= 15 is 0 Å². The van der Waals surface area contributed by atoms with Gasteiger partial charge in [0.05, 0.1) is 6.20 Å². The number of nitrogens with zero attached hydrogens (tertiary/aromatic N) is 3. The van der Waals surface area contributed by atoms with Crippen LogP contribution in [0.1, 0.15) is 19.8 Å². The molecule has 2 rings (SSSR count). The van der Waals surface area contributed by atoms with Crippen molar-refractivity contribution in [2.75, 3.05) is 17.2 Å². The number of halogens is 1. The average molecular weight is 261 g/mol. The number of aromatic nitrogens is 3. The normalized spacial score (nSPS) is 10.2. The van der Waals surface area contributed by atoms with E-state index in [0.29, 0.717) is 11.8 Å². The van der Waals surface area contributed by atoms with E-state index in [0.717, 1.165) is 25.1 Å². The van der Waals surface area contributed by atoms with E-state index in [1.54, 1.807) is 12.1 Å². The summed E-state index contributed by atoms with van der Waals surface area (Å²) in [5.41, 5.74) is 0.751. The maximum absolute atomic E-state index is 12.8. The van der Waals surface area contributed by atoms with Gasteiger partial charge in [0.15, 0.2) is 5.82 Å². The standard InChI is InChI=1S/C13H16FN5/c1-2-3-8-15-13-18-12(9-16-19-13)17-11-6-4-10(14)5-7-11/h4-7,9H,2-3,8H2,1H3,(H2,15,17,18,19). The molecule has 0 unspecified atom stereocenters. The Morgan fingerprint density at radius 3 is 2.74 bits per heavy atom. The highest BCUT2D eigenvalue weighted by atomic mass is 19.1. The number of hydrogen-bond acceptors (Lipinski definition) is 5. The first kappa shape index (κ1) is 13.2. The summed E-state index contributed by atoms with van der Waals surface area (Å²) in [5.74, 6) is 0.787. The molecule has 2 N–H and O–H groups in total. The monoisotopic (exact) mass is 261 g/mol. The highest BCUT2D eigenvalue weighted by Crippen LogP contribution is 2.14. The number of hydrogen-bond donors (Lipinski definition) is 2. The molecule has 5 nitrogen and oxygen atoms in total. The average Bonchev–Trinajstić information content (AvgIpc) is 2.42. The van der Waals surface area contributed by atoms with Crippen LogP contribution in [0, 0.1) is 5.82 Å². The lowest BCUT2D eigenvalue weighted by Crippen LogP contribution is -2.07. The Bertz CT molecular complexity index is 515. The second-order valence-electron chi connectivity index (χ2n) is 4.08. The van der Waals surface area contributed by atoms with Gasteiger partial charge in [-0.3, -0.25) is 0 Å². The molecule has 0 spiro atoms. The Labute approximate surface area is 111 Å². The summed E-state index contributed by atoms with van der Waals surface area (Å²) >= 11 is 0. The fourth-order valence-electron chi connectivity index (χ4n) is 1.50. The molecule has 0 bridgehead atoms. The number of benzene rings is 1. The van der Waals surface area contributed by atoms with Gasteiger partial charge >= 0.3 is 0 Å². The fraction of sp³-hybridized carbons (Fsp3) is 0.308. The van der Waals surface area contributed by atoms with Gasteiger partial charge in [-0.1, -0.05) is 13.3 Å². The summed E-state index contributed by atoms with van der Waals surface area (Å²) in [6.07, 6.45) is 3.68. The topological polar surface area (TPSA) is 62.7 Å². The molecule has 0 saturated heterocycles. The summed E-state index contributed by atoms with van der Waals surface area (Å²) < 4.78 is 12.8. The molecule has 0 amide bonds. The Balaban J connectivity index is 2.00. The molecule has 19 heavy (non-hydrogen) atoms. The molecule has 1 aromatic heterocycles. The van der Waals surface area contributed by atoms with Crippen LogP contribution < -0.4 is 10.6 Å². The number of anilines is 3. The van der Waals surface area contributed by atoms with Gasteiger partial charge in [0.1, 0.15) is 5.82 Å². The van der Waals surface area contributed by atoms with E-state index in [-0.39, 0.29) is 5.82 Å². The minimum Gasteiger partial charge on any atom is -0.353 e. The third kappa shape index (κ3) is 4.17. The van der Waals surface area contributed by atoms with Crippen molar-refractivity contribution < 1.29 is 4.39 Å². The molecular weight excluding hydrogens is 245 g/mol. The zero-order valence-corrected chi connectivity index (χ0v) is 10.7. The Morgan fingerprint density at radius 1 is 1.21 bits per heavy atom. The van der Waals surface area contributed by atoms with Gasteiger partial charge in [-0.15, -0.1) is 5.10 Å². The first-order valence-corrected chi connectivity index (χ1v) is 6.24. The van der Waals surface area contributed by atoms with Gasteiger partial charge in [-0.25, -0.2) is 4.39 Å². The third-order valence-electron chi connectivity index (χ3n) is 2.49. The molecule has 100 valence electrons. The maximum atomic E-state index is 12.8. The zero-order valence-electron chi connectivity index (χ0n) is 10.7. The van der Waals surface area contributed by atoms with E-state index in [4.69, 9.17) is 0 Å². The molecule has 0 aliphatic heterocycles. The summed E-state index contributed by atoms with van der Waals surface area (Å²) in [4.78, 5) is 4.27. The van der Waals surface area contributed by atoms with Gasteiger partial charge in [-0.05, 0) is 30.7 Å². The number of unbranched alkanes of at least 4 members (excludes halogenated alkanes) is 1. The predicted molar refractivity (Wildman–Crippen MR) is 72.9 cm³/mol. The van der Waals surface area contributed by atoms with E-state index in [1.165, 1.54) is 18.3 Å². The largest absolute Gasteiger partial charge is 0.353 e. The second kappa shape index (κ2) is 6.63. The molecule has 0 radical (unpaired) electrons. The van der Waals surface area contributed by atoms with E-state index in [9.17, 15) is 4.39 Å². The SMILES string of the molecule is CCCCNc1nncc(Nc2ccc(F)cc2)n1. The van der Waals surface area contributed by atoms with Crippen LogP contribution in [0.2, 0.25) is 0 Å². The quantitative estimate of drug-likeness (QED) is 0.783. The van der Waals surface area contributed by atoms with Crippen molar-refractivity contribution in [3.8, 4) is 0 Å². The minimum absolute atomic E-state index is 0.270. The molecule has 2 aromatic rings. The molecular formula is C13H16FN5. The lowest BCUT2D eigenvalue weighted by Gasteiger charge is -2.07. The van der Waals surface area contributed by atoms with Crippen LogP contribution in [-0.4, -0.2) is 21.7 Å². The van der Waals surface area contributed by atoms with E-state index < -0.39 is 0 Å². The number of rotatable bonds is 6. The van der Waals surface area contributed by atoms with E-state index in [2.05, 4.69) is 32.7 Å². The van der Waals surface area contributed by atoms with E-state index in [1.807, 2.05) is 0 Å². The minimum atomic E-state index is -0.270. The van der Waals surface area contributed by atoms with Crippen molar-refractivity contribution >= 4 is 17.5 Å². The van der Waals surface area contributed by atoms with Crippen molar-refractivity contribution in [1.82, 2.24) is 15.2 Å². The molecule has 1 aromatic carbocycles. The Morgan fingerprint density at radius 2 is 2.00 bits per heavy atom. The highest BCUT2D eigenvalue weighted by Gasteiger charge is 2.00. The molecule has 0 aliphatic rings. The van der Waals surface area contributed by atoms with Crippen molar-refractivity contribution in [2.24, 2.45) is 0 Å². The smallest absolute Gasteiger partial charge is 0.244 e. The third-order valence-corrected chi connectivity index (χ3v) is 2.49. The molecule has 0 saturated carbocycles. The molecule has 1 heterocycles. The molecule has 0 aliphatic carbocycles. The second-order valence-corrected chi connectivity index (χ2v) is 4.08. The number of nitrogens with one attached hydrogen (secondary N) is 2. The lowest BCUT2D eigenvalue weighted by molar-refractivity contribution is 0.628. The summed E-state index contributed by atoms with van der Waals surface area (Å²) in [6.45, 7) is 2.94. The maximum Gasteiger partial charge on any atom is 0.244 e. The lowest BCUT2D eigenvalue weighted by atomic mass is 10.3. The van der Waals surface area contributed by atoms with Crippen molar-refractivity contribution in [1.29, 1.82) is 0 Å². The van der Waals surface area contributed by atoms with Gasteiger partial charge in [0, 0.05) is 12.2 Å². The van der Waals surface area contributed by atoms with Crippen LogP contribution in [0.3, 0.4) is 0 Å². The van der Waals surface area contributed by atoms with Gasteiger partial charge in [-0.2, -0.15) is 10.1 Å². The molecule has 0 atom stereocenters. The molecule has 0 fully saturated rings. The van der Waals surface area contributed by atoms with Gasteiger partial charge in [0.2, 0.25) is 5.95 Å². The molecule has 6 heteroatoms. The fourth-order valence-corrected chi connectivity index (χ4v) is 1.50. The van der Waals surface area contributed by atoms with Crippen LogP contribution in [0.25, 0.3) is 0 Å². The predicted octanol–water partition coefficient (Wildman–Crippen LogP) is 2.97. The van der Waals surface area contributed by atoms with Gasteiger partial charge < -0.3 is 10.6 Å². The van der Waals surface area contributed by atoms with Crippen molar-refractivity contribution in [2.45, 2.75) is 19.8 Å². The van der Waals surface area contributed by atoms with Crippen LogP contribution >= 0.6 is 0 Å². The Hall–Kier alpha value is -2.24. The van der Waals surface area contributed by atoms with Crippen LogP contribution in [0.5, 0.6) is 0 Å². The Kier molecular flexibility index (Phi) is 4.60. The van der Waals surface area contributed by atoms with Crippen LogP contribution in [-0.2, 0) is 0 Å². The first-order valence-electron chi connectivity index (χ1n) is 6.24. The zero-order chi connectivity index (χ0) is 13.5. The first-order chi connectivity index (χ1) is 9.28. The summed E-state index contributed by atoms with van der Waals surface area (Å²) in [7, 11) is 0.